The van der Waals surface area contributed by atoms with E-state index in [1.54, 1.807) is 6.20 Å². The second kappa shape index (κ2) is 4.40. The lowest BCUT2D eigenvalue weighted by Gasteiger charge is -1.99. The van der Waals surface area contributed by atoms with Crippen molar-refractivity contribution >= 4 is 38.3 Å². The number of nitrogens with zero attached hydrogens (tertiary/aromatic N) is 1. The second-order valence-corrected chi connectivity index (χ2v) is 5.91. The molecular formula is C9H11BrN2OS. The molecule has 1 aromatic heterocycles. The van der Waals surface area contributed by atoms with Crippen LogP contribution in [0.5, 0.6) is 0 Å². The third-order valence-electron chi connectivity index (χ3n) is 2.20. The average Bonchev–Trinajstić information content (AvgIpc) is 2.88. The van der Waals surface area contributed by atoms with Gasteiger partial charge in [0.25, 0.3) is 0 Å². The summed E-state index contributed by atoms with van der Waals surface area (Å²) >= 11 is 4.74. The van der Waals surface area contributed by atoms with E-state index >= 15 is 0 Å². The molecule has 14 heavy (non-hydrogen) atoms. The summed E-state index contributed by atoms with van der Waals surface area (Å²) in [5, 5.41) is 3.46. The zero-order valence-corrected chi connectivity index (χ0v) is 10.0. The SMILES string of the molecule is O=C(CCC1CC1)Nc1ncc(Br)s1. The van der Waals surface area contributed by atoms with Crippen LogP contribution in [0.2, 0.25) is 0 Å². The standard InChI is InChI=1S/C9H11BrN2OS/c10-7-5-11-9(14-7)12-8(13)4-3-6-1-2-6/h5-6H,1-4H2,(H,11,12,13). The summed E-state index contributed by atoms with van der Waals surface area (Å²) < 4.78 is 0.940. The van der Waals surface area contributed by atoms with E-state index in [1.807, 2.05) is 0 Å². The van der Waals surface area contributed by atoms with Gasteiger partial charge in [-0.3, -0.25) is 4.79 Å². The summed E-state index contributed by atoms with van der Waals surface area (Å²) in [5.41, 5.74) is 0. The van der Waals surface area contributed by atoms with Gasteiger partial charge in [0.1, 0.15) is 0 Å². The number of carbonyl (C=O) groups is 1. The third-order valence-corrected chi connectivity index (χ3v) is 3.59. The van der Waals surface area contributed by atoms with E-state index in [2.05, 4.69) is 26.2 Å². The number of halogens is 1. The Hall–Kier alpha value is -0.420. The molecule has 0 unspecified atom stereocenters. The molecule has 0 bridgehead atoms. The minimum Gasteiger partial charge on any atom is -0.302 e. The van der Waals surface area contributed by atoms with Crippen molar-refractivity contribution in [2.24, 2.45) is 5.92 Å². The van der Waals surface area contributed by atoms with Crippen LogP contribution in [0.15, 0.2) is 9.98 Å². The first-order valence-corrected chi connectivity index (χ1v) is 6.26. The van der Waals surface area contributed by atoms with Gasteiger partial charge in [0, 0.05) is 6.42 Å². The Balaban J connectivity index is 1.75. The van der Waals surface area contributed by atoms with Crippen molar-refractivity contribution in [2.75, 3.05) is 5.32 Å². The minimum absolute atomic E-state index is 0.0822. The Morgan fingerprint density at radius 3 is 3.07 bits per heavy atom. The number of anilines is 1. The first kappa shape index (κ1) is 10.1. The fraction of sp³-hybridized carbons (Fsp3) is 0.556. The highest BCUT2D eigenvalue weighted by Crippen LogP contribution is 2.33. The van der Waals surface area contributed by atoms with Gasteiger partial charge >= 0.3 is 0 Å². The Bertz CT molecular complexity index is 335. The maximum Gasteiger partial charge on any atom is 0.226 e. The smallest absolute Gasteiger partial charge is 0.226 e. The predicted octanol–water partition coefficient (Wildman–Crippen LogP) is 3.03. The van der Waals surface area contributed by atoms with E-state index in [0.29, 0.717) is 11.6 Å². The van der Waals surface area contributed by atoms with Crippen molar-refractivity contribution in [1.29, 1.82) is 0 Å². The van der Waals surface area contributed by atoms with Crippen molar-refractivity contribution in [3.63, 3.8) is 0 Å². The fourth-order valence-corrected chi connectivity index (χ4v) is 2.36. The normalized spacial score (nSPS) is 15.5. The molecule has 1 saturated carbocycles. The van der Waals surface area contributed by atoms with Gasteiger partial charge < -0.3 is 5.32 Å². The van der Waals surface area contributed by atoms with Gasteiger partial charge in [-0.15, -0.1) is 0 Å². The van der Waals surface area contributed by atoms with Gasteiger partial charge in [-0.1, -0.05) is 24.2 Å². The number of hydrogen-bond donors (Lipinski definition) is 1. The largest absolute Gasteiger partial charge is 0.302 e. The minimum atomic E-state index is 0.0822. The van der Waals surface area contributed by atoms with E-state index in [4.69, 9.17) is 0 Å². The summed E-state index contributed by atoms with van der Waals surface area (Å²) in [7, 11) is 0. The zero-order chi connectivity index (χ0) is 9.97. The van der Waals surface area contributed by atoms with Gasteiger partial charge in [0.2, 0.25) is 5.91 Å². The van der Waals surface area contributed by atoms with Crippen LogP contribution >= 0.6 is 27.3 Å². The van der Waals surface area contributed by atoms with Crippen LogP contribution in [-0.2, 0) is 4.79 Å². The topological polar surface area (TPSA) is 42.0 Å². The predicted molar refractivity (Wildman–Crippen MR) is 60.4 cm³/mol. The molecule has 0 atom stereocenters. The van der Waals surface area contributed by atoms with Crippen LogP contribution in [-0.4, -0.2) is 10.9 Å². The number of amides is 1. The molecule has 1 amide bonds. The molecule has 76 valence electrons. The van der Waals surface area contributed by atoms with Crippen LogP contribution in [0.25, 0.3) is 0 Å². The maximum absolute atomic E-state index is 11.4. The number of rotatable bonds is 4. The van der Waals surface area contributed by atoms with Crippen molar-refractivity contribution in [1.82, 2.24) is 4.98 Å². The molecule has 0 spiro atoms. The molecule has 1 fully saturated rings. The molecule has 1 aliphatic carbocycles. The van der Waals surface area contributed by atoms with E-state index in [-0.39, 0.29) is 5.91 Å². The molecule has 0 aliphatic heterocycles. The monoisotopic (exact) mass is 274 g/mol. The molecule has 0 aromatic carbocycles. The molecule has 1 aliphatic rings. The summed E-state index contributed by atoms with van der Waals surface area (Å²) in [5.74, 6) is 0.891. The lowest BCUT2D eigenvalue weighted by atomic mass is 10.2. The van der Waals surface area contributed by atoms with Crippen LogP contribution in [0.1, 0.15) is 25.7 Å². The van der Waals surface area contributed by atoms with E-state index in [0.717, 1.165) is 16.1 Å². The van der Waals surface area contributed by atoms with Crippen LogP contribution < -0.4 is 5.32 Å². The van der Waals surface area contributed by atoms with Gasteiger partial charge in [-0.05, 0) is 28.3 Å². The van der Waals surface area contributed by atoms with Crippen molar-refractivity contribution in [3.8, 4) is 0 Å². The van der Waals surface area contributed by atoms with Gasteiger partial charge in [-0.2, -0.15) is 0 Å². The summed E-state index contributed by atoms with van der Waals surface area (Å²) in [6.07, 6.45) is 5.95. The molecule has 5 heteroatoms. The lowest BCUT2D eigenvalue weighted by molar-refractivity contribution is -0.116. The summed E-state index contributed by atoms with van der Waals surface area (Å²) in [4.78, 5) is 15.4. The van der Waals surface area contributed by atoms with E-state index in [1.165, 1.54) is 24.2 Å². The van der Waals surface area contributed by atoms with Crippen LogP contribution in [0, 0.1) is 5.92 Å². The highest BCUT2D eigenvalue weighted by molar-refractivity contribution is 9.11. The molecule has 0 radical (unpaired) electrons. The molecule has 1 N–H and O–H groups in total. The molecular weight excluding hydrogens is 264 g/mol. The molecule has 3 nitrogen and oxygen atoms in total. The highest BCUT2D eigenvalue weighted by Gasteiger charge is 2.21. The van der Waals surface area contributed by atoms with Crippen LogP contribution in [0.3, 0.4) is 0 Å². The first-order valence-electron chi connectivity index (χ1n) is 4.65. The first-order chi connectivity index (χ1) is 6.74. The third kappa shape index (κ3) is 3.06. The van der Waals surface area contributed by atoms with Crippen molar-refractivity contribution < 1.29 is 4.79 Å². The maximum atomic E-state index is 11.4. The number of nitrogens with one attached hydrogen (secondary N) is 1. The van der Waals surface area contributed by atoms with Crippen molar-refractivity contribution in [3.05, 3.63) is 9.98 Å². The number of carbonyl (C=O) groups excluding carboxylic acids is 1. The van der Waals surface area contributed by atoms with Gasteiger partial charge in [0.15, 0.2) is 5.13 Å². The Labute approximate surface area is 95.1 Å². The summed E-state index contributed by atoms with van der Waals surface area (Å²) in [6.45, 7) is 0. The quantitative estimate of drug-likeness (QED) is 0.917. The van der Waals surface area contributed by atoms with E-state index in [9.17, 15) is 4.79 Å². The van der Waals surface area contributed by atoms with Crippen LogP contribution in [0.4, 0.5) is 5.13 Å². The molecule has 0 saturated heterocycles. The van der Waals surface area contributed by atoms with Crippen molar-refractivity contribution in [2.45, 2.75) is 25.7 Å². The van der Waals surface area contributed by atoms with Gasteiger partial charge in [-0.25, -0.2) is 4.98 Å². The Morgan fingerprint density at radius 2 is 2.50 bits per heavy atom. The fourth-order valence-electron chi connectivity index (χ4n) is 1.24. The average molecular weight is 275 g/mol. The second-order valence-electron chi connectivity index (χ2n) is 3.50. The molecule has 1 aromatic rings. The zero-order valence-electron chi connectivity index (χ0n) is 7.62. The lowest BCUT2D eigenvalue weighted by Crippen LogP contribution is -2.10. The Morgan fingerprint density at radius 1 is 1.71 bits per heavy atom. The number of thiazole rings is 1. The van der Waals surface area contributed by atoms with E-state index < -0.39 is 0 Å². The Kier molecular flexibility index (Phi) is 3.18. The number of hydrogen-bond acceptors (Lipinski definition) is 3. The molecule has 1 heterocycles. The highest BCUT2D eigenvalue weighted by atomic mass is 79.9. The molecule has 2 rings (SSSR count). The summed E-state index contributed by atoms with van der Waals surface area (Å²) in [6, 6.07) is 0. The number of aromatic nitrogens is 1. The van der Waals surface area contributed by atoms with Gasteiger partial charge in [0.05, 0.1) is 9.98 Å².